The molecule has 3 aromatic rings. The number of Topliss-reactive ketones (excluding diaryl/α,β-unsaturated/α-hetero) is 1. The van der Waals surface area contributed by atoms with E-state index in [0.29, 0.717) is 0 Å². The summed E-state index contributed by atoms with van der Waals surface area (Å²) in [6.45, 7) is 2.17. The van der Waals surface area contributed by atoms with Crippen molar-refractivity contribution >= 4 is 23.8 Å². The van der Waals surface area contributed by atoms with Crippen molar-refractivity contribution in [2.45, 2.75) is 32.1 Å². The van der Waals surface area contributed by atoms with Gasteiger partial charge in [-0.05, 0) is 25.0 Å². The monoisotopic (exact) mass is 372 g/mol. The summed E-state index contributed by atoms with van der Waals surface area (Å²) in [7, 11) is -0.928. The van der Waals surface area contributed by atoms with Crippen molar-refractivity contribution in [3.05, 3.63) is 96.6 Å². The maximum atomic E-state index is 13.3. The molecule has 0 aromatic heterocycles. The van der Waals surface area contributed by atoms with E-state index in [0.717, 1.165) is 35.4 Å². The lowest BCUT2D eigenvalue weighted by molar-refractivity contribution is -0.115. The number of hydrogen-bond donors (Lipinski definition) is 0. The Morgan fingerprint density at radius 2 is 1.30 bits per heavy atom. The summed E-state index contributed by atoms with van der Waals surface area (Å²) in [6, 6.07) is 30.7. The van der Waals surface area contributed by atoms with Crippen LogP contribution >= 0.6 is 7.38 Å². The maximum Gasteiger partial charge on any atom is 0.209 e. The molecule has 0 radical (unpaired) electrons. The van der Waals surface area contributed by atoms with Crippen LogP contribution in [0.1, 0.15) is 37.7 Å². The van der Waals surface area contributed by atoms with Crippen LogP contribution in [0.5, 0.6) is 0 Å². The molecule has 1 unspecified atom stereocenters. The molecule has 0 bridgehead atoms. The Morgan fingerprint density at radius 1 is 0.815 bits per heavy atom. The highest BCUT2D eigenvalue weighted by atomic mass is 31.1. The van der Waals surface area contributed by atoms with Crippen LogP contribution in [0.4, 0.5) is 0 Å². The van der Waals surface area contributed by atoms with E-state index in [9.17, 15) is 4.79 Å². The Kier molecular flexibility index (Phi) is 7.05. The van der Waals surface area contributed by atoms with Gasteiger partial charge in [-0.25, -0.2) is 0 Å². The summed E-state index contributed by atoms with van der Waals surface area (Å²) in [5, 5.41) is 2.32. The topological polar surface area (TPSA) is 17.1 Å². The minimum Gasteiger partial charge on any atom is -0.285 e. The second-order valence-corrected chi connectivity index (χ2v) is 8.52. The highest BCUT2D eigenvalue weighted by Crippen LogP contribution is 2.26. The Morgan fingerprint density at radius 3 is 1.78 bits per heavy atom. The maximum absolute atomic E-state index is 13.3. The van der Waals surface area contributed by atoms with E-state index < -0.39 is 7.38 Å². The predicted octanol–water partition coefficient (Wildman–Crippen LogP) is 5.62. The first-order valence-electron chi connectivity index (χ1n) is 9.55. The summed E-state index contributed by atoms with van der Waals surface area (Å²) in [6.07, 6.45) is 3.00. The molecule has 1 nitrogen and oxygen atoms in total. The number of ketones is 1. The number of benzene rings is 3. The van der Waals surface area contributed by atoms with E-state index in [2.05, 4.69) is 48.9 Å². The molecule has 0 spiro atoms. The van der Waals surface area contributed by atoms with Crippen LogP contribution < -0.4 is 10.6 Å². The number of unbranched alkanes of at least 4 members (excludes halogenated alkanes) is 1. The second-order valence-electron chi connectivity index (χ2n) is 6.59. The summed E-state index contributed by atoms with van der Waals surface area (Å²) >= 11 is 0. The minimum atomic E-state index is -0.928. The smallest absolute Gasteiger partial charge is 0.209 e. The van der Waals surface area contributed by atoms with Crippen molar-refractivity contribution in [3.63, 3.8) is 0 Å². The minimum absolute atomic E-state index is 0.108. The van der Waals surface area contributed by atoms with Gasteiger partial charge in [-0.1, -0.05) is 111 Å². The van der Waals surface area contributed by atoms with Crippen LogP contribution in [-0.4, -0.2) is 5.78 Å². The van der Waals surface area contributed by atoms with Crippen molar-refractivity contribution in [1.29, 1.82) is 0 Å². The quantitative estimate of drug-likeness (QED) is 0.531. The van der Waals surface area contributed by atoms with Gasteiger partial charge in [-0.15, -0.1) is 0 Å². The number of carbonyl (C=O) groups excluding carboxylic acids is 1. The van der Waals surface area contributed by atoms with Gasteiger partial charge < -0.3 is 0 Å². The third-order valence-electron chi connectivity index (χ3n) is 4.62. The lowest BCUT2D eigenvalue weighted by Gasteiger charge is -2.14. The van der Waals surface area contributed by atoms with Crippen molar-refractivity contribution < 1.29 is 4.79 Å². The van der Waals surface area contributed by atoms with Crippen LogP contribution in [0.2, 0.25) is 0 Å². The molecule has 2 heteroatoms. The molecular formula is C25H25OP. The normalized spacial score (nSPS) is 11.4. The zero-order valence-corrected chi connectivity index (χ0v) is 16.6. The molecule has 0 N–H and O–H groups in total. The number of rotatable bonds is 5. The fourth-order valence-corrected chi connectivity index (χ4v) is 5.04. The molecule has 0 saturated carbocycles. The van der Waals surface area contributed by atoms with E-state index in [-0.39, 0.29) is 11.7 Å². The lowest BCUT2D eigenvalue weighted by Crippen LogP contribution is -2.12. The molecule has 1 atom stereocenters. The van der Waals surface area contributed by atoms with E-state index in [1.807, 2.05) is 54.6 Å². The summed E-state index contributed by atoms with van der Waals surface area (Å²) < 4.78 is 0. The molecule has 0 heterocycles. The summed E-state index contributed by atoms with van der Waals surface area (Å²) in [5.41, 5.74) is 4.48. The van der Waals surface area contributed by atoms with E-state index in [4.69, 9.17) is 0 Å². The Labute approximate surface area is 163 Å². The van der Waals surface area contributed by atoms with Gasteiger partial charge in [-0.2, -0.15) is 0 Å². The van der Waals surface area contributed by atoms with Crippen molar-refractivity contribution in [3.8, 4) is 5.63 Å². The molecule has 0 aliphatic heterocycles. The third-order valence-corrected chi connectivity index (χ3v) is 6.69. The first kappa shape index (κ1) is 19.2. The summed E-state index contributed by atoms with van der Waals surface area (Å²) in [5.74, 6) is 0.0111. The van der Waals surface area contributed by atoms with Gasteiger partial charge in [-0.3, -0.25) is 4.79 Å². The van der Waals surface area contributed by atoms with Crippen molar-refractivity contribution in [1.82, 2.24) is 0 Å². The molecule has 27 heavy (non-hydrogen) atoms. The zero-order chi connectivity index (χ0) is 18.9. The number of hydrogen-bond acceptors (Lipinski definition) is 1. The number of carbonyl (C=O) groups is 1. The van der Waals surface area contributed by atoms with Gasteiger partial charge in [0.25, 0.3) is 0 Å². The molecule has 136 valence electrons. The third kappa shape index (κ3) is 5.20. The zero-order valence-electron chi connectivity index (χ0n) is 15.7. The Balaban J connectivity index is 2.05. The molecule has 0 aliphatic carbocycles. The standard InChI is InChI=1S/C25H25OP/c1-2-3-19-24(21-13-7-4-8-14-21)25(26)20-27(22-15-9-5-10-16-22)23-17-11-6-12-18-23/h4-18,24H,2-3,19H2,1H3. The molecular weight excluding hydrogens is 347 g/mol. The van der Waals surface area contributed by atoms with Gasteiger partial charge >= 0.3 is 0 Å². The Hall–Kier alpha value is -2.59. The molecule has 0 aliphatic rings. The molecule has 0 saturated heterocycles. The lowest BCUT2D eigenvalue weighted by atomic mass is 9.90. The van der Waals surface area contributed by atoms with E-state index >= 15 is 0 Å². The molecule has 3 rings (SSSR count). The molecule has 3 aromatic carbocycles. The van der Waals surface area contributed by atoms with Gasteiger partial charge in [0.05, 0.1) is 5.92 Å². The first-order chi connectivity index (χ1) is 13.3. The van der Waals surface area contributed by atoms with Crippen molar-refractivity contribution in [2.75, 3.05) is 0 Å². The SMILES string of the molecule is CCCCC(C(=O)C#P(c1ccccc1)c1ccccc1)c1ccccc1. The van der Waals surface area contributed by atoms with Crippen LogP contribution in [0, 0.1) is 5.63 Å². The summed E-state index contributed by atoms with van der Waals surface area (Å²) in [4.78, 5) is 13.3. The fourth-order valence-electron chi connectivity index (χ4n) is 3.16. The second kappa shape index (κ2) is 9.93. The van der Waals surface area contributed by atoms with Crippen LogP contribution in [0.3, 0.4) is 0 Å². The van der Waals surface area contributed by atoms with Crippen LogP contribution in [-0.2, 0) is 4.79 Å². The average molecular weight is 372 g/mol. The predicted molar refractivity (Wildman–Crippen MR) is 117 cm³/mol. The highest BCUT2D eigenvalue weighted by Gasteiger charge is 2.19. The largest absolute Gasteiger partial charge is 0.285 e. The van der Waals surface area contributed by atoms with Crippen LogP contribution in [0.15, 0.2) is 91.0 Å². The fraction of sp³-hybridized carbons (Fsp3) is 0.200. The van der Waals surface area contributed by atoms with Gasteiger partial charge in [0.1, 0.15) is 0 Å². The molecule has 0 fully saturated rings. The van der Waals surface area contributed by atoms with E-state index in [1.54, 1.807) is 0 Å². The highest BCUT2D eigenvalue weighted by molar-refractivity contribution is 7.63. The van der Waals surface area contributed by atoms with Gasteiger partial charge in [0.15, 0.2) is 0 Å². The van der Waals surface area contributed by atoms with Gasteiger partial charge in [0.2, 0.25) is 5.78 Å². The van der Waals surface area contributed by atoms with Gasteiger partial charge in [0, 0.05) is 10.6 Å². The first-order valence-corrected chi connectivity index (χ1v) is 10.9. The average Bonchev–Trinajstić information content (AvgIpc) is 2.74. The Bertz CT molecular complexity index is 891. The van der Waals surface area contributed by atoms with Crippen molar-refractivity contribution in [2.24, 2.45) is 0 Å². The van der Waals surface area contributed by atoms with E-state index in [1.165, 1.54) is 0 Å². The van der Waals surface area contributed by atoms with Crippen LogP contribution in [0.25, 0.3) is 0 Å². The molecule has 0 amide bonds.